The van der Waals surface area contributed by atoms with Crippen LogP contribution in [0, 0.1) is 6.92 Å². The van der Waals surface area contributed by atoms with E-state index in [9.17, 15) is 0 Å². The molecule has 0 N–H and O–H groups in total. The van der Waals surface area contributed by atoms with Crippen molar-refractivity contribution in [3.8, 4) is 11.5 Å². The molecule has 0 radical (unpaired) electrons. The summed E-state index contributed by atoms with van der Waals surface area (Å²) in [6.45, 7) is 3.73. The molecular formula is C20H27NO2. The molecule has 3 heteroatoms. The fraction of sp³-hybridized carbons (Fsp3) is 0.400. The van der Waals surface area contributed by atoms with E-state index in [1.165, 1.54) is 11.1 Å². The molecule has 23 heavy (non-hydrogen) atoms. The highest BCUT2D eigenvalue weighted by Crippen LogP contribution is 2.29. The molecule has 3 nitrogen and oxygen atoms in total. The highest BCUT2D eigenvalue weighted by molar-refractivity contribution is 5.43. The van der Waals surface area contributed by atoms with Gasteiger partial charge in [-0.1, -0.05) is 35.9 Å². The summed E-state index contributed by atoms with van der Waals surface area (Å²) >= 11 is 0. The van der Waals surface area contributed by atoms with Crippen LogP contribution in [0.25, 0.3) is 0 Å². The van der Waals surface area contributed by atoms with Crippen LogP contribution in [-0.4, -0.2) is 32.6 Å². The fourth-order valence-corrected chi connectivity index (χ4v) is 2.43. The molecule has 0 aliphatic rings. The number of rotatable bonds is 8. The first-order valence-corrected chi connectivity index (χ1v) is 8.08. The van der Waals surface area contributed by atoms with Gasteiger partial charge >= 0.3 is 0 Å². The van der Waals surface area contributed by atoms with Gasteiger partial charge in [-0.2, -0.15) is 0 Å². The third kappa shape index (κ3) is 5.61. The summed E-state index contributed by atoms with van der Waals surface area (Å²) < 4.78 is 11.4. The van der Waals surface area contributed by atoms with Crippen molar-refractivity contribution in [3.63, 3.8) is 0 Å². The van der Waals surface area contributed by atoms with E-state index in [1.807, 2.05) is 6.07 Å². The van der Waals surface area contributed by atoms with Crippen LogP contribution in [-0.2, 0) is 13.0 Å². The zero-order valence-electron chi connectivity index (χ0n) is 14.6. The minimum Gasteiger partial charge on any atom is -0.493 e. The molecule has 0 amide bonds. The first kappa shape index (κ1) is 17.4. The number of nitrogens with zero attached hydrogens (tertiary/aromatic N) is 1. The van der Waals surface area contributed by atoms with Gasteiger partial charge in [0.25, 0.3) is 0 Å². The van der Waals surface area contributed by atoms with E-state index in [0.29, 0.717) is 6.61 Å². The largest absolute Gasteiger partial charge is 0.493 e. The summed E-state index contributed by atoms with van der Waals surface area (Å²) in [5.41, 5.74) is 3.70. The van der Waals surface area contributed by atoms with Crippen molar-refractivity contribution < 1.29 is 9.47 Å². The smallest absolute Gasteiger partial charge is 0.161 e. The first-order chi connectivity index (χ1) is 11.1. The third-order valence-corrected chi connectivity index (χ3v) is 3.81. The summed E-state index contributed by atoms with van der Waals surface area (Å²) in [7, 11) is 5.89. The zero-order chi connectivity index (χ0) is 16.7. The summed E-state index contributed by atoms with van der Waals surface area (Å²) in [5, 5.41) is 0. The third-order valence-electron chi connectivity index (χ3n) is 3.81. The molecule has 124 valence electrons. The molecule has 0 saturated heterocycles. The highest BCUT2D eigenvalue weighted by Gasteiger charge is 2.06. The van der Waals surface area contributed by atoms with Crippen molar-refractivity contribution in [2.75, 3.05) is 27.7 Å². The quantitative estimate of drug-likeness (QED) is 0.733. The standard InChI is InChI=1S/C20H27NO2/c1-16-7-9-18(10-8-16)15-23-19-12-11-17(14-20(19)22-4)6-5-13-21(2)3/h7-12,14H,5-6,13,15H2,1-4H3. The summed E-state index contributed by atoms with van der Waals surface area (Å²) in [5.74, 6) is 1.60. The van der Waals surface area contributed by atoms with Gasteiger partial charge in [-0.3, -0.25) is 0 Å². The number of aryl methyl sites for hydroxylation is 2. The van der Waals surface area contributed by atoms with Gasteiger partial charge in [-0.25, -0.2) is 0 Å². The van der Waals surface area contributed by atoms with E-state index >= 15 is 0 Å². The van der Waals surface area contributed by atoms with Crippen molar-refractivity contribution >= 4 is 0 Å². The number of methoxy groups -OCH3 is 1. The lowest BCUT2D eigenvalue weighted by atomic mass is 10.1. The van der Waals surface area contributed by atoms with E-state index in [0.717, 1.165) is 36.4 Å². The van der Waals surface area contributed by atoms with Gasteiger partial charge in [0.15, 0.2) is 11.5 Å². The van der Waals surface area contributed by atoms with E-state index < -0.39 is 0 Å². The molecule has 0 bridgehead atoms. The molecule has 0 saturated carbocycles. The number of benzene rings is 2. The Bertz CT molecular complexity index is 606. The maximum absolute atomic E-state index is 5.92. The average molecular weight is 313 g/mol. The van der Waals surface area contributed by atoms with Crippen molar-refractivity contribution in [2.24, 2.45) is 0 Å². The minimum absolute atomic E-state index is 0.552. The van der Waals surface area contributed by atoms with Crippen LogP contribution in [0.2, 0.25) is 0 Å². The number of ether oxygens (including phenoxy) is 2. The zero-order valence-corrected chi connectivity index (χ0v) is 14.6. The van der Waals surface area contributed by atoms with Crippen molar-refractivity contribution in [2.45, 2.75) is 26.4 Å². The second-order valence-electron chi connectivity index (χ2n) is 6.17. The predicted molar refractivity (Wildman–Crippen MR) is 95.4 cm³/mol. The molecule has 0 unspecified atom stereocenters. The Labute approximate surface area is 139 Å². The molecule has 0 fully saturated rings. The lowest BCUT2D eigenvalue weighted by Crippen LogP contribution is -2.13. The Balaban J connectivity index is 1.97. The molecule has 2 rings (SSSR count). The normalized spacial score (nSPS) is 10.8. The first-order valence-electron chi connectivity index (χ1n) is 8.08. The second-order valence-corrected chi connectivity index (χ2v) is 6.17. The average Bonchev–Trinajstić information content (AvgIpc) is 2.54. The molecule has 0 aliphatic carbocycles. The van der Waals surface area contributed by atoms with Crippen molar-refractivity contribution in [3.05, 3.63) is 59.2 Å². The summed E-state index contributed by atoms with van der Waals surface area (Å²) in [6.07, 6.45) is 2.19. The number of hydrogen-bond donors (Lipinski definition) is 0. The topological polar surface area (TPSA) is 21.7 Å². The lowest BCUT2D eigenvalue weighted by Gasteiger charge is -2.13. The van der Waals surface area contributed by atoms with Crippen LogP contribution in [0.15, 0.2) is 42.5 Å². The van der Waals surface area contributed by atoms with Gasteiger partial charge < -0.3 is 14.4 Å². The molecule has 0 spiro atoms. The molecule has 2 aromatic rings. The van der Waals surface area contributed by atoms with Gasteiger partial charge in [0.1, 0.15) is 6.61 Å². The fourth-order valence-electron chi connectivity index (χ4n) is 2.43. The van der Waals surface area contributed by atoms with Crippen LogP contribution in [0.3, 0.4) is 0 Å². The molecule has 0 aliphatic heterocycles. The monoisotopic (exact) mass is 313 g/mol. The Morgan fingerprint density at radius 1 is 0.913 bits per heavy atom. The molecule has 0 atom stereocenters. The Morgan fingerprint density at radius 3 is 2.26 bits per heavy atom. The predicted octanol–water partition coefficient (Wildman–Crippen LogP) is 4.08. The van der Waals surface area contributed by atoms with E-state index in [2.05, 4.69) is 62.3 Å². The van der Waals surface area contributed by atoms with Gasteiger partial charge in [0.05, 0.1) is 7.11 Å². The second kappa shape index (κ2) is 8.59. The van der Waals surface area contributed by atoms with Gasteiger partial charge in [-0.15, -0.1) is 0 Å². The van der Waals surface area contributed by atoms with Crippen LogP contribution in [0.5, 0.6) is 11.5 Å². The molecule has 0 heterocycles. The van der Waals surface area contributed by atoms with Gasteiger partial charge in [-0.05, 0) is 63.7 Å². The SMILES string of the molecule is COc1cc(CCCN(C)C)ccc1OCc1ccc(C)cc1. The van der Waals surface area contributed by atoms with Crippen LogP contribution in [0.4, 0.5) is 0 Å². The maximum atomic E-state index is 5.92. The van der Waals surface area contributed by atoms with Crippen molar-refractivity contribution in [1.29, 1.82) is 0 Å². The summed E-state index contributed by atoms with van der Waals surface area (Å²) in [4.78, 5) is 2.20. The van der Waals surface area contributed by atoms with Crippen LogP contribution >= 0.6 is 0 Å². The Hall–Kier alpha value is -2.00. The highest BCUT2D eigenvalue weighted by atomic mass is 16.5. The van der Waals surface area contributed by atoms with E-state index in [4.69, 9.17) is 9.47 Å². The lowest BCUT2D eigenvalue weighted by molar-refractivity contribution is 0.284. The summed E-state index contributed by atoms with van der Waals surface area (Å²) in [6, 6.07) is 14.6. The van der Waals surface area contributed by atoms with Crippen molar-refractivity contribution in [1.82, 2.24) is 4.90 Å². The van der Waals surface area contributed by atoms with Crippen LogP contribution in [0.1, 0.15) is 23.1 Å². The van der Waals surface area contributed by atoms with Gasteiger partial charge in [0.2, 0.25) is 0 Å². The van der Waals surface area contributed by atoms with E-state index in [-0.39, 0.29) is 0 Å². The molecule has 0 aromatic heterocycles. The number of hydrogen-bond acceptors (Lipinski definition) is 3. The van der Waals surface area contributed by atoms with Gasteiger partial charge in [0, 0.05) is 0 Å². The van der Waals surface area contributed by atoms with Crippen LogP contribution < -0.4 is 9.47 Å². The molecule has 2 aromatic carbocycles. The Morgan fingerprint density at radius 2 is 1.61 bits per heavy atom. The van der Waals surface area contributed by atoms with E-state index in [1.54, 1.807) is 7.11 Å². The Kier molecular flexibility index (Phi) is 6.48. The minimum atomic E-state index is 0.552. The maximum Gasteiger partial charge on any atom is 0.161 e. The molecular weight excluding hydrogens is 286 g/mol.